The summed E-state index contributed by atoms with van der Waals surface area (Å²) in [6.45, 7) is 0. The van der Waals surface area contributed by atoms with Crippen LogP contribution < -0.4 is 19.8 Å². The van der Waals surface area contributed by atoms with Gasteiger partial charge in [-0.2, -0.15) is 0 Å². The molecule has 0 fully saturated rings. The van der Waals surface area contributed by atoms with Gasteiger partial charge in [-0.15, -0.1) is 0 Å². The first-order valence-electron chi connectivity index (χ1n) is 9.52. The molecular weight excluding hydrogens is 372 g/mol. The van der Waals surface area contributed by atoms with Crippen molar-refractivity contribution >= 4 is 19.9 Å². The van der Waals surface area contributed by atoms with E-state index in [0.717, 1.165) is 11.5 Å². The van der Waals surface area contributed by atoms with E-state index in [4.69, 9.17) is 9.47 Å². The summed E-state index contributed by atoms with van der Waals surface area (Å²) in [4.78, 5) is 0. The Labute approximate surface area is 174 Å². The Balaban J connectivity index is 1.70. The summed E-state index contributed by atoms with van der Waals surface area (Å²) in [6, 6.07) is 33.8. The average molecular weight is 395 g/mol. The van der Waals surface area contributed by atoms with E-state index in [1.54, 1.807) is 14.2 Å². The molecule has 0 spiro atoms. The van der Waals surface area contributed by atoms with Gasteiger partial charge in [0.1, 0.15) is 21.0 Å². The lowest BCUT2D eigenvalue weighted by Gasteiger charge is -2.13. The van der Waals surface area contributed by atoms with Crippen LogP contribution in [0.5, 0.6) is 11.5 Å². The van der Waals surface area contributed by atoms with Crippen LogP contribution in [0.2, 0.25) is 0 Å². The van der Waals surface area contributed by atoms with Gasteiger partial charge in [-0.25, -0.2) is 0 Å². The van der Waals surface area contributed by atoms with E-state index >= 15 is 0 Å². The van der Waals surface area contributed by atoms with Gasteiger partial charge >= 0.3 is 0 Å². The molecule has 0 saturated carbocycles. The Morgan fingerprint density at radius 3 is 1.24 bits per heavy atom. The number of ether oxygens (including phenoxy) is 2. The fourth-order valence-corrected chi connectivity index (χ4v) is 4.75. The molecule has 0 aliphatic carbocycles. The number of hydrogen-bond donors (Lipinski definition) is 0. The van der Waals surface area contributed by atoms with Crippen LogP contribution in [0.1, 0.15) is 0 Å². The molecule has 0 aliphatic rings. The summed E-state index contributed by atoms with van der Waals surface area (Å²) in [5.41, 5.74) is 4.93. The van der Waals surface area contributed by atoms with E-state index < -0.39 is 0 Å². The van der Waals surface area contributed by atoms with Crippen molar-refractivity contribution in [2.24, 2.45) is 0 Å². The molecule has 29 heavy (non-hydrogen) atoms. The van der Waals surface area contributed by atoms with Crippen LogP contribution in [0.15, 0.2) is 97.1 Å². The molecule has 2 nitrogen and oxygen atoms in total. The molecule has 0 N–H and O–H groups in total. The second-order valence-electron chi connectivity index (χ2n) is 6.67. The molecule has 0 aliphatic heterocycles. The molecule has 0 amide bonds. The van der Waals surface area contributed by atoms with Crippen molar-refractivity contribution in [3.05, 3.63) is 97.1 Å². The molecule has 3 heteroatoms. The molecule has 4 rings (SSSR count). The van der Waals surface area contributed by atoms with E-state index in [9.17, 15) is 0 Å². The number of benzene rings is 4. The summed E-state index contributed by atoms with van der Waals surface area (Å²) in [5.74, 6) is 1.75. The molecular formula is C26H22O2Si. The quantitative estimate of drug-likeness (QED) is 0.442. The zero-order valence-electron chi connectivity index (χ0n) is 16.6. The molecule has 4 aromatic carbocycles. The lowest BCUT2D eigenvalue weighted by atomic mass is 10.1. The normalized spacial score (nSPS) is 10.6. The highest BCUT2D eigenvalue weighted by atomic mass is 28.2. The van der Waals surface area contributed by atoms with Crippen molar-refractivity contribution < 1.29 is 9.47 Å². The highest BCUT2D eigenvalue weighted by Crippen LogP contribution is 2.23. The summed E-state index contributed by atoms with van der Waals surface area (Å²) >= 11 is 0. The lowest BCUT2D eigenvalue weighted by Crippen LogP contribution is -2.30. The molecule has 2 radical (unpaired) electrons. The first kappa shape index (κ1) is 19.0. The maximum absolute atomic E-state index is 5.30. The largest absolute Gasteiger partial charge is 0.497 e. The van der Waals surface area contributed by atoms with Gasteiger partial charge < -0.3 is 9.47 Å². The van der Waals surface area contributed by atoms with Gasteiger partial charge in [-0.05, 0) is 46.5 Å². The maximum Gasteiger partial charge on any atom is 0.123 e. The van der Waals surface area contributed by atoms with Gasteiger partial charge in [0.2, 0.25) is 0 Å². The minimum atomic E-state index is 0.558. The Morgan fingerprint density at radius 2 is 0.862 bits per heavy atom. The van der Waals surface area contributed by atoms with Gasteiger partial charge in [0.25, 0.3) is 0 Å². The van der Waals surface area contributed by atoms with E-state index in [0.29, 0.717) is 9.52 Å². The highest BCUT2D eigenvalue weighted by molar-refractivity contribution is 6.70. The van der Waals surface area contributed by atoms with E-state index in [1.807, 2.05) is 24.3 Å². The van der Waals surface area contributed by atoms with Crippen molar-refractivity contribution in [3.8, 4) is 33.8 Å². The van der Waals surface area contributed by atoms with Crippen molar-refractivity contribution in [1.82, 2.24) is 0 Å². The fourth-order valence-electron chi connectivity index (χ4n) is 3.37. The van der Waals surface area contributed by atoms with Gasteiger partial charge in [-0.1, -0.05) is 83.2 Å². The Bertz CT molecular complexity index is 997. The second-order valence-corrected chi connectivity index (χ2v) is 8.00. The maximum atomic E-state index is 5.30. The van der Waals surface area contributed by atoms with Crippen molar-refractivity contribution in [3.63, 3.8) is 0 Å². The van der Waals surface area contributed by atoms with Crippen LogP contribution in [0, 0.1) is 0 Å². The number of rotatable bonds is 6. The van der Waals surface area contributed by atoms with Crippen LogP contribution >= 0.6 is 0 Å². The van der Waals surface area contributed by atoms with Gasteiger partial charge in [0.05, 0.1) is 14.2 Å². The first-order valence-corrected chi connectivity index (χ1v) is 10.5. The molecule has 4 aromatic rings. The summed E-state index contributed by atoms with van der Waals surface area (Å²) in [5, 5.41) is 2.66. The van der Waals surface area contributed by atoms with Crippen LogP contribution in [-0.4, -0.2) is 23.7 Å². The highest BCUT2D eigenvalue weighted by Gasteiger charge is 2.11. The number of methoxy groups -OCH3 is 2. The molecule has 0 unspecified atom stereocenters. The first-order chi connectivity index (χ1) is 14.3. The zero-order valence-corrected chi connectivity index (χ0v) is 17.6. The molecule has 0 bridgehead atoms. The smallest absolute Gasteiger partial charge is 0.123 e. The standard InChI is InChI=1S/C26H22O2Si/c1-27-21-15-11-19(12-16-21)23-7-3-5-9-25(23)29-26-10-6-4-8-24(26)20-13-17-22(28-2)18-14-20/h3-18H,1-2H3. The van der Waals surface area contributed by atoms with Gasteiger partial charge in [0, 0.05) is 0 Å². The Kier molecular flexibility index (Phi) is 5.78. The minimum Gasteiger partial charge on any atom is -0.497 e. The SMILES string of the molecule is COc1ccc(-c2ccccc2[Si]c2ccccc2-c2ccc(OC)cc2)cc1. The molecule has 0 heterocycles. The van der Waals surface area contributed by atoms with E-state index in [1.165, 1.54) is 32.6 Å². The van der Waals surface area contributed by atoms with Crippen molar-refractivity contribution in [2.45, 2.75) is 0 Å². The van der Waals surface area contributed by atoms with Crippen LogP contribution in [0.3, 0.4) is 0 Å². The van der Waals surface area contributed by atoms with Crippen LogP contribution in [0.25, 0.3) is 22.3 Å². The van der Waals surface area contributed by atoms with E-state index in [2.05, 4.69) is 72.8 Å². The lowest BCUT2D eigenvalue weighted by molar-refractivity contribution is 0.415. The monoisotopic (exact) mass is 394 g/mol. The molecule has 0 saturated heterocycles. The second kappa shape index (κ2) is 8.80. The fraction of sp³-hybridized carbons (Fsp3) is 0.0769. The average Bonchev–Trinajstić information content (AvgIpc) is 2.80. The Hall–Kier alpha value is -3.30. The third-order valence-corrected chi connectivity index (χ3v) is 6.34. The van der Waals surface area contributed by atoms with Crippen molar-refractivity contribution in [2.75, 3.05) is 14.2 Å². The number of hydrogen-bond acceptors (Lipinski definition) is 2. The molecule has 142 valence electrons. The summed E-state index contributed by atoms with van der Waals surface area (Å²) in [6.07, 6.45) is 0. The van der Waals surface area contributed by atoms with Crippen LogP contribution in [-0.2, 0) is 0 Å². The molecule has 0 atom stereocenters. The van der Waals surface area contributed by atoms with E-state index in [-0.39, 0.29) is 0 Å². The predicted octanol–water partition coefficient (Wildman–Crippen LogP) is 4.69. The van der Waals surface area contributed by atoms with Gasteiger partial charge in [-0.3, -0.25) is 0 Å². The van der Waals surface area contributed by atoms with Crippen molar-refractivity contribution in [1.29, 1.82) is 0 Å². The van der Waals surface area contributed by atoms with Crippen LogP contribution in [0.4, 0.5) is 0 Å². The predicted molar refractivity (Wildman–Crippen MR) is 122 cm³/mol. The Morgan fingerprint density at radius 1 is 0.483 bits per heavy atom. The molecule has 0 aromatic heterocycles. The topological polar surface area (TPSA) is 18.5 Å². The minimum absolute atomic E-state index is 0.558. The summed E-state index contributed by atoms with van der Waals surface area (Å²) < 4.78 is 10.6. The summed E-state index contributed by atoms with van der Waals surface area (Å²) in [7, 11) is 3.95. The van der Waals surface area contributed by atoms with Gasteiger partial charge in [0.15, 0.2) is 0 Å². The third-order valence-electron chi connectivity index (χ3n) is 4.93. The third kappa shape index (κ3) is 4.25. The zero-order chi connectivity index (χ0) is 20.1.